The lowest BCUT2D eigenvalue weighted by Crippen LogP contribution is -2.05. The summed E-state index contributed by atoms with van der Waals surface area (Å²) in [6.45, 7) is 0.720. The van der Waals surface area contributed by atoms with Crippen LogP contribution in [0.3, 0.4) is 0 Å². The van der Waals surface area contributed by atoms with E-state index in [9.17, 15) is 0 Å². The second-order valence-corrected chi connectivity index (χ2v) is 4.67. The zero-order chi connectivity index (χ0) is 12.4. The Morgan fingerprint density at radius 1 is 1.39 bits per heavy atom. The molecular weight excluding hydrogens is 296 g/mol. The quantitative estimate of drug-likeness (QED) is 0.777. The summed E-state index contributed by atoms with van der Waals surface area (Å²) in [7, 11) is 0. The minimum atomic E-state index is 0.531. The van der Waals surface area contributed by atoms with E-state index in [2.05, 4.69) is 36.2 Å². The topological polar surface area (TPSA) is 66.7 Å². The lowest BCUT2D eigenvalue weighted by atomic mass is 10.3. The number of imidazole rings is 1. The second-order valence-electron chi connectivity index (χ2n) is 3.82. The fourth-order valence-corrected chi connectivity index (χ4v) is 2.15. The summed E-state index contributed by atoms with van der Waals surface area (Å²) in [6.07, 6.45) is 4.35. The number of nitrogens with one attached hydrogen (secondary N) is 2. The predicted octanol–water partition coefficient (Wildman–Crippen LogP) is 2.97. The lowest BCUT2D eigenvalue weighted by Gasteiger charge is -1.98. The molecule has 3 rings (SSSR count). The summed E-state index contributed by atoms with van der Waals surface area (Å²) in [5.41, 5.74) is 1.60. The van der Waals surface area contributed by atoms with Crippen LogP contribution in [-0.2, 0) is 6.42 Å². The molecule has 3 aromatic rings. The molecule has 0 radical (unpaired) electrons. The molecule has 0 fully saturated rings. The molecule has 1 aromatic carbocycles. The molecule has 0 aliphatic heterocycles. The largest absolute Gasteiger partial charge is 0.422 e. The minimum absolute atomic E-state index is 0.531. The maximum atomic E-state index is 5.62. The molecule has 0 aliphatic rings. The van der Waals surface area contributed by atoms with Crippen molar-refractivity contribution in [1.82, 2.24) is 15.0 Å². The van der Waals surface area contributed by atoms with Gasteiger partial charge in [0.05, 0.1) is 4.47 Å². The van der Waals surface area contributed by atoms with Crippen LogP contribution in [-0.4, -0.2) is 21.5 Å². The second kappa shape index (κ2) is 4.81. The minimum Gasteiger partial charge on any atom is -0.422 e. The number of nitrogens with zero attached hydrogens (tertiary/aromatic N) is 2. The number of anilines is 1. The van der Waals surface area contributed by atoms with E-state index in [0.29, 0.717) is 6.01 Å². The molecule has 5 nitrogen and oxygen atoms in total. The smallest absolute Gasteiger partial charge is 0.295 e. The van der Waals surface area contributed by atoms with Gasteiger partial charge in [-0.3, -0.25) is 0 Å². The van der Waals surface area contributed by atoms with Crippen LogP contribution in [0.2, 0.25) is 0 Å². The summed E-state index contributed by atoms with van der Waals surface area (Å²) in [5.74, 6) is 0.944. The highest BCUT2D eigenvalue weighted by Crippen LogP contribution is 2.26. The van der Waals surface area contributed by atoms with Gasteiger partial charge in [-0.15, -0.1) is 0 Å². The van der Waals surface area contributed by atoms with Crippen LogP contribution in [0.4, 0.5) is 6.01 Å². The van der Waals surface area contributed by atoms with Crippen molar-refractivity contribution in [3.05, 3.63) is 40.9 Å². The average molecular weight is 307 g/mol. The zero-order valence-corrected chi connectivity index (χ0v) is 11.1. The van der Waals surface area contributed by atoms with Crippen molar-refractivity contribution >= 4 is 33.0 Å². The molecule has 2 heterocycles. The third-order valence-corrected chi connectivity index (χ3v) is 3.18. The van der Waals surface area contributed by atoms with E-state index < -0.39 is 0 Å². The van der Waals surface area contributed by atoms with Crippen LogP contribution in [0, 0.1) is 0 Å². The Kier molecular flexibility index (Phi) is 3.02. The molecule has 18 heavy (non-hydrogen) atoms. The number of hydrogen-bond acceptors (Lipinski definition) is 4. The van der Waals surface area contributed by atoms with Crippen LogP contribution >= 0.6 is 15.9 Å². The number of para-hydroxylation sites is 1. The highest BCUT2D eigenvalue weighted by molar-refractivity contribution is 9.10. The van der Waals surface area contributed by atoms with Gasteiger partial charge in [0.25, 0.3) is 6.01 Å². The first-order valence-electron chi connectivity index (χ1n) is 5.60. The number of halogens is 1. The van der Waals surface area contributed by atoms with E-state index in [4.69, 9.17) is 4.42 Å². The van der Waals surface area contributed by atoms with Gasteiger partial charge in [-0.2, -0.15) is 4.98 Å². The van der Waals surface area contributed by atoms with Gasteiger partial charge in [0.15, 0.2) is 5.58 Å². The normalized spacial score (nSPS) is 10.9. The summed E-state index contributed by atoms with van der Waals surface area (Å²) in [5, 5.41) is 3.14. The SMILES string of the molecule is Brc1cccc2nc(NCCc3ncc[nH]3)oc12. The fraction of sp³-hybridized carbons (Fsp3) is 0.167. The van der Waals surface area contributed by atoms with E-state index >= 15 is 0 Å². The molecule has 0 bridgehead atoms. The third kappa shape index (κ3) is 2.24. The summed E-state index contributed by atoms with van der Waals surface area (Å²) >= 11 is 3.43. The summed E-state index contributed by atoms with van der Waals surface area (Å²) in [6, 6.07) is 6.31. The van der Waals surface area contributed by atoms with Gasteiger partial charge in [-0.05, 0) is 28.1 Å². The van der Waals surface area contributed by atoms with Crippen LogP contribution in [0.1, 0.15) is 5.82 Å². The Hall–Kier alpha value is -1.82. The van der Waals surface area contributed by atoms with Gasteiger partial charge in [-0.25, -0.2) is 4.98 Å². The summed E-state index contributed by atoms with van der Waals surface area (Å²) in [4.78, 5) is 11.6. The Bertz CT molecular complexity index is 647. The number of rotatable bonds is 4. The van der Waals surface area contributed by atoms with Crippen molar-refractivity contribution < 1.29 is 4.42 Å². The molecule has 0 amide bonds. The van der Waals surface area contributed by atoms with Gasteiger partial charge in [0, 0.05) is 25.4 Å². The number of oxazole rings is 1. The van der Waals surface area contributed by atoms with Gasteiger partial charge < -0.3 is 14.7 Å². The van der Waals surface area contributed by atoms with Crippen molar-refractivity contribution in [3.8, 4) is 0 Å². The number of H-pyrrole nitrogens is 1. The van der Waals surface area contributed by atoms with Gasteiger partial charge in [0.2, 0.25) is 0 Å². The molecule has 2 aromatic heterocycles. The Morgan fingerprint density at radius 3 is 3.11 bits per heavy atom. The van der Waals surface area contributed by atoms with Crippen LogP contribution in [0.25, 0.3) is 11.1 Å². The van der Waals surface area contributed by atoms with Crippen molar-refractivity contribution in [2.75, 3.05) is 11.9 Å². The first-order valence-corrected chi connectivity index (χ1v) is 6.39. The lowest BCUT2D eigenvalue weighted by molar-refractivity contribution is 0.612. The van der Waals surface area contributed by atoms with Crippen molar-refractivity contribution in [2.45, 2.75) is 6.42 Å². The molecule has 0 unspecified atom stereocenters. The molecule has 92 valence electrons. The monoisotopic (exact) mass is 306 g/mol. The molecule has 0 saturated carbocycles. The molecular formula is C12H11BrN4O. The third-order valence-electron chi connectivity index (χ3n) is 2.56. The van der Waals surface area contributed by atoms with Crippen molar-refractivity contribution in [1.29, 1.82) is 0 Å². The highest BCUT2D eigenvalue weighted by atomic mass is 79.9. The Labute approximate surface area is 112 Å². The molecule has 0 atom stereocenters. The van der Waals surface area contributed by atoms with E-state index in [-0.39, 0.29) is 0 Å². The molecule has 6 heteroatoms. The predicted molar refractivity (Wildman–Crippen MR) is 72.5 cm³/mol. The first-order chi connectivity index (χ1) is 8.83. The number of benzene rings is 1. The highest BCUT2D eigenvalue weighted by Gasteiger charge is 2.07. The average Bonchev–Trinajstić information content (AvgIpc) is 2.98. The maximum absolute atomic E-state index is 5.62. The van der Waals surface area contributed by atoms with E-state index in [1.54, 1.807) is 6.20 Å². The van der Waals surface area contributed by atoms with Crippen molar-refractivity contribution in [2.24, 2.45) is 0 Å². The number of aromatic nitrogens is 3. The first kappa shape index (κ1) is 11.3. The van der Waals surface area contributed by atoms with E-state index in [1.165, 1.54) is 0 Å². The van der Waals surface area contributed by atoms with Crippen molar-refractivity contribution in [3.63, 3.8) is 0 Å². The number of hydrogen-bond donors (Lipinski definition) is 2. The maximum Gasteiger partial charge on any atom is 0.295 e. The molecule has 2 N–H and O–H groups in total. The fourth-order valence-electron chi connectivity index (χ4n) is 1.71. The summed E-state index contributed by atoms with van der Waals surface area (Å²) < 4.78 is 6.53. The van der Waals surface area contributed by atoms with Crippen LogP contribution < -0.4 is 5.32 Å². The van der Waals surface area contributed by atoms with Crippen LogP contribution in [0.15, 0.2) is 39.5 Å². The zero-order valence-electron chi connectivity index (χ0n) is 9.48. The Balaban J connectivity index is 1.69. The van der Waals surface area contributed by atoms with E-state index in [1.807, 2.05) is 24.4 Å². The molecule has 0 aliphatic carbocycles. The standard InChI is InChI=1S/C12H11BrN4O/c13-8-2-1-3-9-11(8)18-12(17-9)16-5-4-10-14-6-7-15-10/h1-3,6-7H,4-5H2,(H,14,15)(H,16,17). The number of fused-ring (bicyclic) bond motifs is 1. The van der Waals surface area contributed by atoms with Gasteiger partial charge >= 0.3 is 0 Å². The number of aromatic amines is 1. The molecule has 0 spiro atoms. The Morgan fingerprint density at radius 2 is 2.33 bits per heavy atom. The molecule has 0 saturated heterocycles. The van der Waals surface area contributed by atoms with Gasteiger partial charge in [0.1, 0.15) is 11.3 Å². The van der Waals surface area contributed by atoms with Gasteiger partial charge in [-0.1, -0.05) is 6.07 Å². The van der Waals surface area contributed by atoms with Crippen LogP contribution in [0.5, 0.6) is 0 Å². The van der Waals surface area contributed by atoms with E-state index in [0.717, 1.165) is 34.4 Å².